The smallest absolute Gasteiger partial charge is 0.256 e. The first-order valence-electron chi connectivity index (χ1n) is 6.00. The van der Waals surface area contributed by atoms with Gasteiger partial charge in [-0.1, -0.05) is 12.7 Å². The monoisotopic (exact) mass is 270 g/mol. The lowest BCUT2D eigenvalue weighted by Crippen LogP contribution is -2.12. The van der Waals surface area contributed by atoms with E-state index < -0.39 is 0 Å². The summed E-state index contributed by atoms with van der Waals surface area (Å²) >= 11 is 0. The van der Waals surface area contributed by atoms with Crippen LogP contribution in [0.4, 0.5) is 5.82 Å². The molecule has 2 rings (SSSR count). The maximum atomic E-state index is 12.0. The number of carbonyl (C=O) groups is 1. The highest BCUT2D eigenvalue weighted by molar-refractivity contribution is 6.04. The number of rotatable bonds is 5. The molecular weight excluding hydrogens is 256 g/mol. The lowest BCUT2D eigenvalue weighted by molar-refractivity contribution is 0.102. The maximum absolute atomic E-state index is 12.0. The van der Waals surface area contributed by atoms with Crippen LogP contribution < -0.4 is 10.1 Å². The van der Waals surface area contributed by atoms with Crippen LogP contribution >= 0.6 is 0 Å². The third-order valence-corrected chi connectivity index (χ3v) is 2.50. The van der Waals surface area contributed by atoms with Crippen molar-refractivity contribution in [3.63, 3.8) is 0 Å². The van der Waals surface area contributed by atoms with Gasteiger partial charge in [-0.25, -0.2) is 4.98 Å². The van der Waals surface area contributed by atoms with E-state index in [2.05, 4.69) is 16.9 Å². The van der Waals surface area contributed by atoms with E-state index in [-0.39, 0.29) is 17.5 Å². The van der Waals surface area contributed by atoms with Crippen LogP contribution in [0.2, 0.25) is 0 Å². The number of pyridine rings is 1. The van der Waals surface area contributed by atoms with Crippen molar-refractivity contribution in [1.29, 1.82) is 0 Å². The summed E-state index contributed by atoms with van der Waals surface area (Å²) < 4.78 is 5.33. The second-order valence-corrected chi connectivity index (χ2v) is 3.95. The first-order valence-corrected chi connectivity index (χ1v) is 6.00. The minimum absolute atomic E-state index is 0.0770. The molecule has 0 atom stereocenters. The molecule has 20 heavy (non-hydrogen) atoms. The molecule has 0 radical (unpaired) electrons. The van der Waals surface area contributed by atoms with Crippen LogP contribution in [0.25, 0.3) is 0 Å². The Morgan fingerprint density at radius 2 is 2.10 bits per heavy atom. The quantitative estimate of drug-likeness (QED) is 0.819. The fourth-order valence-electron chi connectivity index (χ4n) is 1.53. The van der Waals surface area contributed by atoms with Gasteiger partial charge in [0.05, 0.1) is 0 Å². The van der Waals surface area contributed by atoms with Gasteiger partial charge in [-0.2, -0.15) is 0 Å². The summed E-state index contributed by atoms with van der Waals surface area (Å²) in [5, 5.41) is 12.1. The normalized spacial score (nSPS) is 9.80. The lowest BCUT2D eigenvalue weighted by Gasteiger charge is -2.07. The number of hydrogen-bond donors (Lipinski definition) is 2. The molecule has 0 unspecified atom stereocenters. The lowest BCUT2D eigenvalue weighted by atomic mass is 10.2. The van der Waals surface area contributed by atoms with Gasteiger partial charge in [0.25, 0.3) is 5.91 Å². The van der Waals surface area contributed by atoms with Gasteiger partial charge < -0.3 is 15.2 Å². The zero-order valence-electron chi connectivity index (χ0n) is 10.7. The third-order valence-electron chi connectivity index (χ3n) is 2.50. The second kappa shape index (κ2) is 6.38. The highest BCUT2D eigenvalue weighted by atomic mass is 16.5. The summed E-state index contributed by atoms with van der Waals surface area (Å²) in [7, 11) is 0. The van der Waals surface area contributed by atoms with Gasteiger partial charge in [-0.15, -0.1) is 0 Å². The molecule has 1 amide bonds. The first-order chi connectivity index (χ1) is 9.70. The molecule has 0 saturated heterocycles. The van der Waals surface area contributed by atoms with Crippen LogP contribution in [0, 0.1) is 0 Å². The predicted octanol–water partition coefficient (Wildman–Crippen LogP) is 2.60. The summed E-state index contributed by atoms with van der Waals surface area (Å²) in [5.41, 5.74) is 0.445. The van der Waals surface area contributed by atoms with Gasteiger partial charge in [0.1, 0.15) is 12.4 Å². The number of nitrogens with one attached hydrogen (secondary N) is 1. The molecule has 1 aromatic heterocycles. The van der Waals surface area contributed by atoms with Gasteiger partial charge in [-0.05, 0) is 36.4 Å². The molecule has 1 aromatic carbocycles. The molecule has 0 aliphatic rings. The highest BCUT2D eigenvalue weighted by Gasteiger charge is 2.09. The van der Waals surface area contributed by atoms with Crippen LogP contribution in [-0.4, -0.2) is 22.6 Å². The molecule has 0 aliphatic heterocycles. The van der Waals surface area contributed by atoms with Crippen LogP contribution in [0.3, 0.4) is 0 Å². The first kappa shape index (κ1) is 13.6. The van der Waals surface area contributed by atoms with E-state index >= 15 is 0 Å². The Labute approximate surface area is 116 Å². The van der Waals surface area contributed by atoms with Crippen molar-refractivity contribution < 1.29 is 14.6 Å². The Morgan fingerprint density at radius 1 is 1.35 bits per heavy atom. The molecule has 0 saturated carbocycles. The van der Waals surface area contributed by atoms with Crippen molar-refractivity contribution >= 4 is 11.7 Å². The number of aromatic hydroxyl groups is 1. The van der Waals surface area contributed by atoms with Gasteiger partial charge >= 0.3 is 0 Å². The fraction of sp³-hybridized carbons (Fsp3) is 0.0667. The van der Waals surface area contributed by atoms with E-state index in [1.165, 1.54) is 12.3 Å². The molecule has 5 nitrogen and oxygen atoms in total. The molecule has 1 heterocycles. The SMILES string of the molecule is C=CCOc1ccc(C(=O)Nc2ncccc2O)cc1. The van der Waals surface area contributed by atoms with Crippen LogP contribution in [0.5, 0.6) is 11.5 Å². The molecule has 102 valence electrons. The second-order valence-electron chi connectivity index (χ2n) is 3.95. The molecule has 2 aromatic rings. The van der Waals surface area contributed by atoms with E-state index in [0.29, 0.717) is 17.9 Å². The van der Waals surface area contributed by atoms with E-state index in [9.17, 15) is 9.90 Å². The molecule has 0 fully saturated rings. The van der Waals surface area contributed by atoms with Crippen molar-refractivity contribution in [2.24, 2.45) is 0 Å². The average Bonchev–Trinajstić information content (AvgIpc) is 2.48. The van der Waals surface area contributed by atoms with E-state index in [0.717, 1.165) is 0 Å². The Hall–Kier alpha value is -2.82. The zero-order valence-corrected chi connectivity index (χ0v) is 10.7. The van der Waals surface area contributed by atoms with Crippen LogP contribution in [0.15, 0.2) is 55.3 Å². The average molecular weight is 270 g/mol. The largest absolute Gasteiger partial charge is 0.504 e. The Balaban J connectivity index is 2.06. The summed E-state index contributed by atoms with van der Waals surface area (Å²) in [6.07, 6.45) is 3.13. The number of amides is 1. The van der Waals surface area contributed by atoms with E-state index in [4.69, 9.17) is 4.74 Å². The minimum Gasteiger partial charge on any atom is -0.504 e. The maximum Gasteiger partial charge on any atom is 0.256 e. The van der Waals surface area contributed by atoms with Gasteiger partial charge in [-0.3, -0.25) is 4.79 Å². The molecule has 0 bridgehead atoms. The summed E-state index contributed by atoms with van der Waals surface area (Å²) in [5.74, 6) is 0.354. The topological polar surface area (TPSA) is 71.5 Å². The fourth-order valence-corrected chi connectivity index (χ4v) is 1.53. The molecular formula is C15H14N2O3. The predicted molar refractivity (Wildman–Crippen MR) is 76.0 cm³/mol. The standard InChI is InChI=1S/C15H14N2O3/c1-2-10-20-12-7-5-11(6-8-12)15(19)17-14-13(18)4-3-9-16-14/h2-9,18H,1,10H2,(H,16,17,19). The number of aromatic nitrogens is 1. The third kappa shape index (κ3) is 3.35. The zero-order chi connectivity index (χ0) is 14.4. The Kier molecular flexibility index (Phi) is 4.34. The number of carbonyl (C=O) groups excluding carboxylic acids is 1. The summed E-state index contributed by atoms with van der Waals surface area (Å²) in [4.78, 5) is 15.9. The van der Waals surface area contributed by atoms with E-state index in [1.807, 2.05) is 0 Å². The number of benzene rings is 1. The number of hydrogen-bond acceptors (Lipinski definition) is 4. The van der Waals surface area contributed by atoms with Crippen molar-refractivity contribution in [3.8, 4) is 11.5 Å². The molecule has 0 aliphatic carbocycles. The van der Waals surface area contributed by atoms with E-state index in [1.54, 1.807) is 36.4 Å². The van der Waals surface area contributed by atoms with Crippen LogP contribution in [-0.2, 0) is 0 Å². The van der Waals surface area contributed by atoms with Crippen molar-refractivity contribution in [1.82, 2.24) is 4.98 Å². The highest BCUT2D eigenvalue weighted by Crippen LogP contribution is 2.19. The van der Waals surface area contributed by atoms with Gasteiger partial charge in [0.2, 0.25) is 0 Å². The molecule has 5 heteroatoms. The van der Waals surface area contributed by atoms with Gasteiger partial charge in [0.15, 0.2) is 11.6 Å². The molecule has 0 spiro atoms. The molecule has 2 N–H and O–H groups in total. The minimum atomic E-state index is -0.353. The number of ether oxygens (including phenoxy) is 1. The van der Waals surface area contributed by atoms with Crippen molar-refractivity contribution in [2.75, 3.05) is 11.9 Å². The van der Waals surface area contributed by atoms with Crippen LogP contribution in [0.1, 0.15) is 10.4 Å². The van der Waals surface area contributed by atoms with Gasteiger partial charge in [0, 0.05) is 11.8 Å². The summed E-state index contributed by atoms with van der Waals surface area (Å²) in [6, 6.07) is 9.68. The Bertz CT molecular complexity index is 609. The Morgan fingerprint density at radius 3 is 2.75 bits per heavy atom. The van der Waals surface area contributed by atoms with Crippen molar-refractivity contribution in [2.45, 2.75) is 0 Å². The van der Waals surface area contributed by atoms with Crippen molar-refractivity contribution in [3.05, 3.63) is 60.8 Å². The number of anilines is 1. The number of nitrogens with zero attached hydrogens (tertiary/aromatic N) is 1. The summed E-state index contributed by atoms with van der Waals surface area (Å²) in [6.45, 7) is 3.97.